The minimum Gasteiger partial charge on any atom is -0.258 e. The fourth-order valence-corrected chi connectivity index (χ4v) is 1.94. The fourth-order valence-electron chi connectivity index (χ4n) is 0.886. The highest BCUT2D eigenvalue weighted by atomic mass is 32.2. The van der Waals surface area contributed by atoms with E-state index in [1.807, 2.05) is 30.7 Å². The van der Waals surface area contributed by atoms with Crippen molar-refractivity contribution in [3.63, 3.8) is 0 Å². The van der Waals surface area contributed by atoms with Crippen LogP contribution in [-0.2, 0) is 20.9 Å². The van der Waals surface area contributed by atoms with E-state index in [0.29, 0.717) is 6.42 Å². The number of nitrogens with two attached hydrogens (primary N) is 1. The highest BCUT2D eigenvalue weighted by Crippen LogP contribution is 2.08. The van der Waals surface area contributed by atoms with E-state index in [1.54, 1.807) is 11.3 Å². The van der Waals surface area contributed by atoms with Crippen LogP contribution in [0, 0.1) is 0 Å². The summed E-state index contributed by atoms with van der Waals surface area (Å²) in [6.07, 6.45) is 1.48. The van der Waals surface area contributed by atoms with E-state index in [9.17, 15) is 8.42 Å². The molecule has 4 nitrogen and oxygen atoms in total. The largest absolute Gasteiger partial charge is 0.333 e. The Morgan fingerprint density at radius 3 is 2.60 bits per heavy atom. The molecule has 0 fully saturated rings. The van der Waals surface area contributed by atoms with Crippen molar-refractivity contribution < 1.29 is 12.6 Å². The summed E-state index contributed by atoms with van der Waals surface area (Å²) in [6.45, 7) is 4.15. The normalized spacial score (nSPS) is 10.6. The molecule has 0 aromatic carbocycles. The molecule has 0 spiro atoms. The Morgan fingerprint density at radius 1 is 1.47 bits per heavy atom. The van der Waals surface area contributed by atoms with Gasteiger partial charge in [0.2, 0.25) is 0 Å². The lowest BCUT2D eigenvalue weighted by atomic mass is 10.2. The standard InChI is InChI=1S/C7H11NO3S2.C2H6/c8-13(9,10)11-4-1-2-7-3-5-12-6-7;1-2/h3,5-6H,1-2,4H2,(H2,8,9,10);1-2H3. The molecule has 0 aliphatic rings. The molecule has 1 rings (SSSR count). The minimum absolute atomic E-state index is 0.147. The highest BCUT2D eigenvalue weighted by Gasteiger charge is 2.01. The molecule has 1 aromatic heterocycles. The van der Waals surface area contributed by atoms with Crippen LogP contribution in [0.2, 0.25) is 0 Å². The molecule has 0 aliphatic carbocycles. The molecule has 1 aromatic rings. The smallest absolute Gasteiger partial charge is 0.258 e. The molecule has 0 atom stereocenters. The number of hydrogen-bond acceptors (Lipinski definition) is 4. The van der Waals surface area contributed by atoms with Crippen LogP contribution in [-0.4, -0.2) is 15.0 Å². The van der Waals surface area contributed by atoms with E-state index in [2.05, 4.69) is 9.32 Å². The SMILES string of the molecule is CC.NS(=O)(=O)OCCCc1ccsc1. The van der Waals surface area contributed by atoms with Gasteiger partial charge in [-0.15, -0.1) is 0 Å². The van der Waals surface area contributed by atoms with Gasteiger partial charge in [-0.1, -0.05) is 13.8 Å². The summed E-state index contributed by atoms with van der Waals surface area (Å²) < 4.78 is 25.1. The van der Waals surface area contributed by atoms with Crippen LogP contribution in [0.25, 0.3) is 0 Å². The summed E-state index contributed by atoms with van der Waals surface area (Å²) in [5, 5.41) is 8.65. The molecule has 0 aliphatic heterocycles. The van der Waals surface area contributed by atoms with E-state index in [-0.39, 0.29) is 6.61 Å². The number of thiophene rings is 1. The van der Waals surface area contributed by atoms with Crippen LogP contribution >= 0.6 is 11.3 Å². The van der Waals surface area contributed by atoms with Gasteiger partial charge in [-0.25, -0.2) is 5.14 Å². The first-order valence-electron chi connectivity index (χ1n) is 4.76. The quantitative estimate of drug-likeness (QED) is 0.813. The molecule has 0 saturated heterocycles. The van der Waals surface area contributed by atoms with Gasteiger partial charge in [0.25, 0.3) is 0 Å². The molecular weight excluding hydrogens is 234 g/mol. The summed E-state index contributed by atoms with van der Waals surface area (Å²) in [5.41, 5.74) is 1.20. The van der Waals surface area contributed by atoms with Gasteiger partial charge in [0.15, 0.2) is 0 Å². The molecule has 0 saturated carbocycles. The van der Waals surface area contributed by atoms with Crippen LogP contribution in [0.1, 0.15) is 25.8 Å². The predicted molar refractivity (Wildman–Crippen MR) is 63.0 cm³/mol. The monoisotopic (exact) mass is 251 g/mol. The molecule has 2 N–H and O–H groups in total. The summed E-state index contributed by atoms with van der Waals surface area (Å²) >= 11 is 1.62. The van der Waals surface area contributed by atoms with Crippen molar-refractivity contribution in [2.45, 2.75) is 26.7 Å². The Labute approximate surface area is 95.3 Å². The Kier molecular flexibility index (Phi) is 7.59. The number of hydrogen-bond donors (Lipinski definition) is 1. The molecule has 0 bridgehead atoms. The van der Waals surface area contributed by atoms with Crippen LogP contribution in [0.5, 0.6) is 0 Å². The van der Waals surface area contributed by atoms with Crippen molar-refractivity contribution in [1.29, 1.82) is 0 Å². The zero-order valence-electron chi connectivity index (χ0n) is 8.97. The zero-order valence-corrected chi connectivity index (χ0v) is 10.6. The second kappa shape index (κ2) is 7.81. The second-order valence-electron chi connectivity index (χ2n) is 2.55. The highest BCUT2D eigenvalue weighted by molar-refractivity contribution is 7.84. The van der Waals surface area contributed by atoms with E-state index >= 15 is 0 Å². The van der Waals surface area contributed by atoms with E-state index in [4.69, 9.17) is 0 Å². The lowest BCUT2D eigenvalue weighted by molar-refractivity contribution is 0.313. The first kappa shape index (κ1) is 14.6. The molecule has 0 radical (unpaired) electrons. The maximum absolute atomic E-state index is 10.4. The lowest BCUT2D eigenvalue weighted by Crippen LogP contribution is -2.16. The Balaban J connectivity index is 0.000000921. The molecule has 1 heterocycles. The first-order chi connectivity index (χ1) is 7.08. The lowest BCUT2D eigenvalue weighted by Gasteiger charge is -1.99. The van der Waals surface area contributed by atoms with Crippen molar-refractivity contribution in [3.8, 4) is 0 Å². The van der Waals surface area contributed by atoms with Gasteiger partial charge in [0, 0.05) is 0 Å². The number of rotatable bonds is 5. The molecule has 15 heavy (non-hydrogen) atoms. The third-order valence-electron chi connectivity index (χ3n) is 1.44. The van der Waals surface area contributed by atoms with Gasteiger partial charge in [-0.2, -0.15) is 19.8 Å². The average Bonchev–Trinajstić information content (AvgIpc) is 2.67. The van der Waals surface area contributed by atoms with Crippen LogP contribution in [0.4, 0.5) is 0 Å². The Hall–Kier alpha value is -0.430. The van der Waals surface area contributed by atoms with Crippen molar-refractivity contribution in [1.82, 2.24) is 0 Å². The summed E-state index contributed by atoms with van der Waals surface area (Å²) in [7, 11) is -3.76. The van der Waals surface area contributed by atoms with Gasteiger partial charge >= 0.3 is 10.3 Å². The van der Waals surface area contributed by atoms with Crippen molar-refractivity contribution in [2.24, 2.45) is 5.14 Å². The van der Waals surface area contributed by atoms with Crippen LogP contribution < -0.4 is 5.14 Å². The summed E-state index contributed by atoms with van der Waals surface area (Å²) in [6, 6.07) is 2.00. The van der Waals surface area contributed by atoms with E-state index in [0.717, 1.165) is 6.42 Å². The topological polar surface area (TPSA) is 69.4 Å². The molecule has 0 unspecified atom stereocenters. The van der Waals surface area contributed by atoms with Crippen molar-refractivity contribution in [2.75, 3.05) is 6.61 Å². The average molecular weight is 251 g/mol. The van der Waals surface area contributed by atoms with Gasteiger partial charge in [0.05, 0.1) is 6.61 Å². The van der Waals surface area contributed by atoms with Crippen LogP contribution in [0.3, 0.4) is 0 Å². The summed E-state index contributed by atoms with van der Waals surface area (Å²) in [5.74, 6) is 0. The third kappa shape index (κ3) is 8.56. The van der Waals surface area contributed by atoms with Gasteiger partial charge < -0.3 is 0 Å². The molecule has 88 valence electrons. The molecule has 0 amide bonds. The molecule has 6 heteroatoms. The number of aryl methyl sites for hydroxylation is 1. The fraction of sp³-hybridized carbons (Fsp3) is 0.556. The van der Waals surface area contributed by atoms with Crippen molar-refractivity contribution in [3.05, 3.63) is 22.4 Å². The molecular formula is C9H17NO3S2. The minimum atomic E-state index is -3.76. The van der Waals surface area contributed by atoms with Crippen molar-refractivity contribution >= 4 is 21.6 Å². The Morgan fingerprint density at radius 2 is 2.13 bits per heavy atom. The maximum Gasteiger partial charge on any atom is 0.333 e. The van der Waals surface area contributed by atoms with E-state index < -0.39 is 10.3 Å². The maximum atomic E-state index is 10.4. The van der Waals surface area contributed by atoms with Gasteiger partial charge in [-0.3, -0.25) is 4.18 Å². The van der Waals surface area contributed by atoms with Gasteiger partial charge in [0.1, 0.15) is 0 Å². The first-order valence-corrected chi connectivity index (χ1v) is 7.17. The van der Waals surface area contributed by atoms with E-state index in [1.165, 1.54) is 5.56 Å². The zero-order chi connectivity index (χ0) is 11.7. The summed E-state index contributed by atoms with van der Waals surface area (Å²) in [4.78, 5) is 0. The van der Waals surface area contributed by atoms with Crippen LogP contribution in [0.15, 0.2) is 16.8 Å². The van der Waals surface area contributed by atoms with Gasteiger partial charge in [-0.05, 0) is 35.2 Å². The Bertz CT molecular complexity index is 332. The third-order valence-corrected chi connectivity index (χ3v) is 2.66. The predicted octanol–water partition coefficient (Wildman–Crippen LogP) is 1.93. The second-order valence-corrected chi connectivity index (χ2v) is 4.55.